The zero-order chi connectivity index (χ0) is 15.1. The quantitative estimate of drug-likeness (QED) is 0.875. The Morgan fingerprint density at radius 2 is 1.95 bits per heavy atom. The number of likely N-dealkylation sites (tertiary alicyclic amines) is 1. The zero-order valence-corrected chi connectivity index (χ0v) is 12.8. The molecule has 1 N–H and O–H groups in total. The van der Waals surface area contributed by atoms with Crippen LogP contribution in [0.25, 0.3) is 0 Å². The number of aryl methyl sites for hydroxylation is 1. The second-order valence-corrected chi connectivity index (χ2v) is 5.73. The Bertz CT molecular complexity index is 465. The molecule has 0 amide bonds. The summed E-state index contributed by atoms with van der Waals surface area (Å²) >= 11 is 0. The predicted octanol–water partition coefficient (Wildman–Crippen LogP) is 3.09. The summed E-state index contributed by atoms with van der Waals surface area (Å²) in [4.78, 5) is 13.3. The molecule has 2 rings (SSSR count). The molecule has 0 spiro atoms. The van der Waals surface area contributed by atoms with Gasteiger partial charge in [0.25, 0.3) is 0 Å². The number of methoxy groups -OCH3 is 1. The van der Waals surface area contributed by atoms with Crippen molar-refractivity contribution in [3.05, 3.63) is 29.3 Å². The van der Waals surface area contributed by atoms with Gasteiger partial charge >= 0.3 is 5.97 Å². The van der Waals surface area contributed by atoms with Gasteiger partial charge in [-0.05, 0) is 49.5 Å². The van der Waals surface area contributed by atoms with Gasteiger partial charge in [-0.25, -0.2) is 0 Å². The third kappa shape index (κ3) is 5.05. The van der Waals surface area contributed by atoms with E-state index in [0.717, 1.165) is 30.9 Å². The second kappa shape index (κ2) is 8.03. The lowest BCUT2D eigenvalue weighted by atomic mass is 10.0. The molecule has 1 aromatic carbocycles. The largest absolute Gasteiger partial charge is 0.496 e. The van der Waals surface area contributed by atoms with Crippen LogP contribution >= 0.6 is 0 Å². The summed E-state index contributed by atoms with van der Waals surface area (Å²) in [5.41, 5.74) is 2.24. The number of rotatable bonds is 6. The molecule has 1 aliphatic heterocycles. The highest BCUT2D eigenvalue weighted by Crippen LogP contribution is 2.23. The van der Waals surface area contributed by atoms with Crippen molar-refractivity contribution >= 4 is 5.97 Å². The summed E-state index contributed by atoms with van der Waals surface area (Å²) in [6.07, 6.45) is 5.89. The van der Waals surface area contributed by atoms with Crippen LogP contribution in [0.3, 0.4) is 0 Å². The van der Waals surface area contributed by atoms with Crippen molar-refractivity contribution in [3.8, 4) is 5.75 Å². The molecule has 1 aromatic rings. The van der Waals surface area contributed by atoms with Crippen molar-refractivity contribution < 1.29 is 14.6 Å². The van der Waals surface area contributed by atoms with Gasteiger partial charge in [-0.3, -0.25) is 9.69 Å². The van der Waals surface area contributed by atoms with Crippen LogP contribution in [0.1, 0.15) is 43.2 Å². The number of aliphatic carboxylic acids is 1. The molecular weight excluding hydrogens is 266 g/mol. The van der Waals surface area contributed by atoms with E-state index in [9.17, 15) is 4.79 Å². The van der Waals surface area contributed by atoms with Crippen LogP contribution in [0.2, 0.25) is 0 Å². The molecule has 0 atom stereocenters. The Hall–Kier alpha value is -1.55. The predicted molar refractivity (Wildman–Crippen MR) is 82.7 cm³/mol. The van der Waals surface area contributed by atoms with Gasteiger partial charge < -0.3 is 9.84 Å². The molecule has 4 heteroatoms. The average Bonchev–Trinajstić information content (AvgIpc) is 2.74. The Morgan fingerprint density at radius 1 is 1.24 bits per heavy atom. The minimum absolute atomic E-state index is 0.142. The highest BCUT2D eigenvalue weighted by atomic mass is 16.5. The number of nitrogens with zero attached hydrogens (tertiary/aromatic N) is 1. The summed E-state index contributed by atoms with van der Waals surface area (Å²) in [7, 11) is 1.63. The number of benzene rings is 1. The molecule has 21 heavy (non-hydrogen) atoms. The van der Waals surface area contributed by atoms with E-state index in [1.807, 2.05) is 6.07 Å². The number of hydrogen-bond acceptors (Lipinski definition) is 3. The molecule has 0 aromatic heterocycles. The first-order valence-corrected chi connectivity index (χ1v) is 7.79. The van der Waals surface area contributed by atoms with E-state index in [4.69, 9.17) is 9.84 Å². The SMILES string of the molecule is COc1ccc(CN2CCCCCC2)cc1CCC(=O)O. The molecule has 0 unspecified atom stereocenters. The number of carboxylic acids is 1. The van der Waals surface area contributed by atoms with E-state index in [-0.39, 0.29) is 6.42 Å². The van der Waals surface area contributed by atoms with E-state index >= 15 is 0 Å². The Kier molecular flexibility index (Phi) is 6.05. The maximum absolute atomic E-state index is 10.8. The number of hydrogen-bond donors (Lipinski definition) is 1. The first-order chi connectivity index (χ1) is 10.2. The summed E-state index contributed by atoms with van der Waals surface area (Å²) in [5.74, 6) is 0.0193. The molecule has 0 saturated carbocycles. The van der Waals surface area contributed by atoms with Crippen molar-refractivity contribution in [2.75, 3.05) is 20.2 Å². The minimum atomic E-state index is -0.769. The van der Waals surface area contributed by atoms with Gasteiger partial charge in [-0.15, -0.1) is 0 Å². The van der Waals surface area contributed by atoms with Crippen molar-refractivity contribution in [3.63, 3.8) is 0 Å². The lowest BCUT2D eigenvalue weighted by Gasteiger charge is -2.20. The van der Waals surface area contributed by atoms with E-state index < -0.39 is 5.97 Å². The fourth-order valence-corrected chi connectivity index (χ4v) is 2.92. The standard InChI is InChI=1S/C17H25NO3/c1-21-16-8-6-14(12-15(16)7-9-17(19)20)13-18-10-4-2-3-5-11-18/h6,8,12H,2-5,7,9-11,13H2,1H3,(H,19,20). The molecule has 4 nitrogen and oxygen atoms in total. The zero-order valence-electron chi connectivity index (χ0n) is 12.8. The van der Waals surface area contributed by atoms with Crippen molar-refractivity contribution in [1.82, 2.24) is 4.90 Å². The molecule has 1 heterocycles. The number of ether oxygens (including phenoxy) is 1. The fourth-order valence-electron chi connectivity index (χ4n) is 2.92. The maximum atomic E-state index is 10.8. The van der Waals surface area contributed by atoms with Crippen molar-refractivity contribution in [2.24, 2.45) is 0 Å². The monoisotopic (exact) mass is 291 g/mol. The highest BCUT2D eigenvalue weighted by Gasteiger charge is 2.12. The van der Waals surface area contributed by atoms with Crippen LogP contribution in [0, 0.1) is 0 Å². The van der Waals surface area contributed by atoms with Crippen LogP contribution in [0.4, 0.5) is 0 Å². The van der Waals surface area contributed by atoms with Gasteiger partial charge in [-0.2, -0.15) is 0 Å². The topological polar surface area (TPSA) is 49.8 Å². The molecule has 116 valence electrons. The lowest BCUT2D eigenvalue weighted by molar-refractivity contribution is -0.136. The van der Waals surface area contributed by atoms with Crippen LogP contribution in [-0.4, -0.2) is 36.2 Å². The molecule has 0 aliphatic carbocycles. The third-order valence-electron chi connectivity index (χ3n) is 4.06. The van der Waals surface area contributed by atoms with Gasteiger partial charge in [0.15, 0.2) is 0 Å². The van der Waals surface area contributed by atoms with E-state index in [1.54, 1.807) is 7.11 Å². The van der Waals surface area contributed by atoms with Gasteiger partial charge in [-0.1, -0.05) is 25.0 Å². The highest BCUT2D eigenvalue weighted by molar-refractivity contribution is 5.67. The maximum Gasteiger partial charge on any atom is 0.303 e. The van der Waals surface area contributed by atoms with Gasteiger partial charge in [0, 0.05) is 13.0 Å². The lowest BCUT2D eigenvalue weighted by Crippen LogP contribution is -2.24. The van der Waals surface area contributed by atoms with Gasteiger partial charge in [0.2, 0.25) is 0 Å². The van der Waals surface area contributed by atoms with E-state index in [2.05, 4.69) is 17.0 Å². The van der Waals surface area contributed by atoms with Crippen LogP contribution in [0.5, 0.6) is 5.75 Å². The molecule has 0 bridgehead atoms. The summed E-state index contributed by atoms with van der Waals surface area (Å²) < 4.78 is 5.34. The molecular formula is C17H25NO3. The molecule has 1 fully saturated rings. The summed E-state index contributed by atoms with van der Waals surface area (Å²) in [6, 6.07) is 6.16. The summed E-state index contributed by atoms with van der Waals surface area (Å²) in [6.45, 7) is 3.27. The van der Waals surface area contributed by atoms with Gasteiger partial charge in [0.05, 0.1) is 7.11 Å². The van der Waals surface area contributed by atoms with Crippen molar-refractivity contribution in [1.29, 1.82) is 0 Å². The number of carbonyl (C=O) groups is 1. The molecule has 0 radical (unpaired) electrons. The first-order valence-electron chi connectivity index (χ1n) is 7.79. The normalized spacial score (nSPS) is 16.4. The smallest absolute Gasteiger partial charge is 0.303 e. The van der Waals surface area contributed by atoms with E-state index in [1.165, 1.54) is 31.2 Å². The molecule has 1 aliphatic rings. The minimum Gasteiger partial charge on any atom is -0.496 e. The van der Waals surface area contributed by atoms with Crippen molar-refractivity contribution in [2.45, 2.75) is 45.1 Å². The van der Waals surface area contributed by atoms with Crippen LogP contribution in [-0.2, 0) is 17.8 Å². The van der Waals surface area contributed by atoms with E-state index in [0.29, 0.717) is 6.42 Å². The fraction of sp³-hybridized carbons (Fsp3) is 0.588. The summed E-state index contributed by atoms with van der Waals surface area (Å²) in [5, 5.41) is 8.85. The average molecular weight is 291 g/mol. The van der Waals surface area contributed by atoms with Gasteiger partial charge in [0.1, 0.15) is 5.75 Å². The number of carboxylic acid groups (broad SMARTS) is 1. The van der Waals surface area contributed by atoms with Crippen LogP contribution in [0.15, 0.2) is 18.2 Å². The second-order valence-electron chi connectivity index (χ2n) is 5.73. The molecule has 1 saturated heterocycles. The first kappa shape index (κ1) is 15.8. The van der Waals surface area contributed by atoms with Crippen LogP contribution < -0.4 is 4.74 Å². The Morgan fingerprint density at radius 3 is 2.57 bits per heavy atom. The Balaban J connectivity index is 2.04. The third-order valence-corrected chi connectivity index (χ3v) is 4.06. The Labute approximate surface area is 126 Å².